The van der Waals surface area contributed by atoms with Crippen LogP contribution in [0.25, 0.3) is 22.5 Å². The van der Waals surface area contributed by atoms with Crippen LogP contribution in [0.3, 0.4) is 0 Å². The van der Waals surface area contributed by atoms with Crippen LogP contribution in [0.15, 0.2) is 36.8 Å². The van der Waals surface area contributed by atoms with Crippen LogP contribution in [0.4, 0.5) is 4.39 Å². The van der Waals surface area contributed by atoms with E-state index in [1.165, 1.54) is 12.3 Å². The number of rotatable bonds is 2. The molecule has 0 aromatic carbocycles. The zero-order valence-electron chi connectivity index (χ0n) is 10.7. The topological polar surface area (TPSA) is 46.5 Å². The highest BCUT2D eigenvalue weighted by Gasteiger charge is 2.17. The van der Waals surface area contributed by atoms with Crippen LogP contribution >= 0.6 is 0 Å². The molecule has 3 aromatic rings. The predicted octanol–water partition coefficient (Wildman–Crippen LogP) is 2.92. The first kappa shape index (κ1) is 11.6. The van der Waals surface area contributed by atoms with Crippen LogP contribution in [-0.4, -0.2) is 19.7 Å². The van der Waals surface area contributed by atoms with E-state index in [2.05, 4.69) is 15.1 Å². The number of pyridine rings is 1. The van der Waals surface area contributed by atoms with Gasteiger partial charge in [0.05, 0.1) is 11.9 Å². The lowest BCUT2D eigenvalue weighted by atomic mass is 10.0. The smallest absolute Gasteiger partial charge is 0.141 e. The van der Waals surface area contributed by atoms with Gasteiger partial charge in [0.15, 0.2) is 0 Å². The normalized spacial score (nSPS) is 10.9. The second kappa shape index (κ2) is 4.35. The van der Waals surface area contributed by atoms with Gasteiger partial charge < -0.3 is 4.98 Å². The Balaban J connectivity index is 2.22. The molecule has 0 radical (unpaired) electrons. The van der Waals surface area contributed by atoms with Gasteiger partial charge in [-0.3, -0.25) is 9.67 Å². The van der Waals surface area contributed by atoms with Crippen LogP contribution in [0.2, 0.25) is 0 Å². The zero-order valence-corrected chi connectivity index (χ0v) is 10.7. The minimum Gasteiger partial charge on any atom is -0.367 e. The number of hydrogen-bond acceptors (Lipinski definition) is 2. The van der Waals surface area contributed by atoms with Gasteiger partial charge in [0.2, 0.25) is 0 Å². The predicted molar refractivity (Wildman–Crippen MR) is 70.9 cm³/mol. The highest BCUT2D eigenvalue weighted by Crippen LogP contribution is 2.32. The van der Waals surface area contributed by atoms with Crippen molar-refractivity contribution in [2.24, 2.45) is 7.05 Å². The lowest BCUT2D eigenvalue weighted by Crippen LogP contribution is -1.93. The van der Waals surface area contributed by atoms with E-state index in [4.69, 9.17) is 0 Å². The molecule has 0 unspecified atom stereocenters. The van der Waals surface area contributed by atoms with Crippen molar-refractivity contribution in [2.75, 3.05) is 0 Å². The third-order valence-electron chi connectivity index (χ3n) is 3.19. The molecule has 3 aromatic heterocycles. The minimum atomic E-state index is -0.348. The number of H-pyrrole nitrogens is 1. The molecule has 0 aliphatic rings. The minimum absolute atomic E-state index is 0.348. The molecule has 0 aliphatic heterocycles. The van der Waals surface area contributed by atoms with Gasteiger partial charge in [-0.05, 0) is 25.1 Å². The second-order valence-corrected chi connectivity index (χ2v) is 4.39. The first-order chi connectivity index (χ1) is 9.16. The van der Waals surface area contributed by atoms with Crippen LogP contribution in [0.5, 0.6) is 0 Å². The summed E-state index contributed by atoms with van der Waals surface area (Å²) in [6.45, 7) is 2.00. The third kappa shape index (κ3) is 1.93. The number of nitrogens with zero attached hydrogens (tertiary/aromatic N) is 3. The van der Waals surface area contributed by atoms with E-state index in [0.717, 1.165) is 22.5 Å². The van der Waals surface area contributed by atoms with Gasteiger partial charge in [0, 0.05) is 36.3 Å². The molecule has 3 rings (SSSR count). The molecule has 0 atom stereocenters. The Morgan fingerprint density at radius 1 is 1.26 bits per heavy atom. The first-order valence-electron chi connectivity index (χ1n) is 5.95. The van der Waals surface area contributed by atoms with Crippen LogP contribution in [-0.2, 0) is 7.05 Å². The lowest BCUT2D eigenvalue weighted by molar-refractivity contribution is 0.621. The Hall–Kier alpha value is -2.43. The molecule has 4 nitrogen and oxygen atoms in total. The summed E-state index contributed by atoms with van der Waals surface area (Å²) >= 11 is 0. The fraction of sp³-hybridized carbons (Fsp3) is 0.143. The summed E-state index contributed by atoms with van der Waals surface area (Å²) in [6.07, 6.45) is 4.99. The molecule has 5 heteroatoms. The van der Waals surface area contributed by atoms with E-state index >= 15 is 0 Å². The third-order valence-corrected chi connectivity index (χ3v) is 3.19. The highest BCUT2D eigenvalue weighted by atomic mass is 19.1. The fourth-order valence-electron chi connectivity index (χ4n) is 2.13. The molecule has 96 valence electrons. The number of nitrogens with one attached hydrogen (secondary N) is 1. The van der Waals surface area contributed by atoms with Gasteiger partial charge in [-0.2, -0.15) is 5.10 Å². The van der Waals surface area contributed by atoms with Crippen LogP contribution < -0.4 is 0 Å². The zero-order chi connectivity index (χ0) is 13.4. The summed E-state index contributed by atoms with van der Waals surface area (Å²) in [5.74, 6) is -0.348. The molecule has 0 saturated carbocycles. The Morgan fingerprint density at radius 3 is 2.74 bits per heavy atom. The van der Waals surface area contributed by atoms with Gasteiger partial charge >= 0.3 is 0 Å². The standard InChI is InChI=1S/C14H13FN4/c1-9-13(10-5-6-16-7-10)14(18-19(9)2)12-4-3-11(15)8-17-12/h3-8,16H,1-2H3. The average Bonchev–Trinajstić information content (AvgIpc) is 3.00. The van der Waals surface area contributed by atoms with E-state index in [9.17, 15) is 4.39 Å². The average molecular weight is 256 g/mol. The van der Waals surface area contributed by atoms with Crippen LogP contribution in [0.1, 0.15) is 5.69 Å². The van der Waals surface area contributed by atoms with Crippen molar-refractivity contribution in [3.63, 3.8) is 0 Å². The Bertz CT molecular complexity index is 696. The molecule has 1 N–H and O–H groups in total. The number of halogens is 1. The molecule has 3 heterocycles. The number of hydrogen-bond donors (Lipinski definition) is 1. The van der Waals surface area contributed by atoms with Gasteiger partial charge in [-0.25, -0.2) is 4.39 Å². The van der Waals surface area contributed by atoms with E-state index in [0.29, 0.717) is 5.69 Å². The summed E-state index contributed by atoms with van der Waals surface area (Å²) in [5.41, 5.74) is 4.54. The van der Waals surface area contributed by atoms with Crippen molar-refractivity contribution in [2.45, 2.75) is 6.92 Å². The van der Waals surface area contributed by atoms with Crippen molar-refractivity contribution in [1.82, 2.24) is 19.7 Å². The first-order valence-corrected chi connectivity index (χ1v) is 5.95. The van der Waals surface area contributed by atoms with E-state index < -0.39 is 0 Å². The number of aryl methyl sites for hydroxylation is 1. The van der Waals surface area contributed by atoms with E-state index in [1.54, 1.807) is 6.07 Å². The second-order valence-electron chi connectivity index (χ2n) is 4.39. The molecule has 0 bridgehead atoms. The van der Waals surface area contributed by atoms with Crippen molar-refractivity contribution in [3.05, 3.63) is 48.3 Å². The monoisotopic (exact) mass is 256 g/mol. The Morgan fingerprint density at radius 2 is 2.11 bits per heavy atom. The van der Waals surface area contributed by atoms with Gasteiger partial charge in [0.25, 0.3) is 0 Å². The van der Waals surface area contributed by atoms with Crippen molar-refractivity contribution >= 4 is 0 Å². The summed E-state index contributed by atoms with van der Waals surface area (Å²) in [7, 11) is 1.89. The molecule has 0 spiro atoms. The van der Waals surface area contributed by atoms with E-state index in [1.807, 2.05) is 37.1 Å². The highest BCUT2D eigenvalue weighted by molar-refractivity contribution is 5.80. The number of aromatic amines is 1. The summed E-state index contributed by atoms with van der Waals surface area (Å²) < 4.78 is 14.8. The fourth-order valence-corrected chi connectivity index (χ4v) is 2.13. The molecule has 19 heavy (non-hydrogen) atoms. The van der Waals surface area contributed by atoms with Crippen molar-refractivity contribution < 1.29 is 4.39 Å². The van der Waals surface area contributed by atoms with E-state index in [-0.39, 0.29) is 5.82 Å². The Kier molecular flexibility index (Phi) is 2.67. The van der Waals surface area contributed by atoms with Crippen molar-refractivity contribution in [3.8, 4) is 22.5 Å². The molecule has 0 saturated heterocycles. The van der Waals surface area contributed by atoms with Crippen LogP contribution in [0, 0.1) is 12.7 Å². The maximum Gasteiger partial charge on any atom is 0.141 e. The number of aromatic nitrogens is 4. The maximum absolute atomic E-state index is 13.0. The molecule has 0 amide bonds. The molecular formula is C14H13FN4. The Labute approximate surface area is 109 Å². The van der Waals surface area contributed by atoms with Gasteiger partial charge in [-0.15, -0.1) is 0 Å². The van der Waals surface area contributed by atoms with Gasteiger partial charge in [-0.1, -0.05) is 0 Å². The summed E-state index contributed by atoms with van der Waals surface area (Å²) in [5, 5.41) is 4.48. The van der Waals surface area contributed by atoms with Crippen molar-refractivity contribution in [1.29, 1.82) is 0 Å². The molecule has 0 aliphatic carbocycles. The van der Waals surface area contributed by atoms with Gasteiger partial charge in [0.1, 0.15) is 11.5 Å². The lowest BCUT2D eigenvalue weighted by Gasteiger charge is -2.01. The summed E-state index contributed by atoms with van der Waals surface area (Å²) in [4.78, 5) is 7.15. The molecule has 0 fully saturated rings. The molecular weight excluding hydrogens is 243 g/mol. The SMILES string of the molecule is Cc1c(-c2cc[nH]c2)c(-c2ccc(F)cn2)nn1C. The maximum atomic E-state index is 13.0. The summed E-state index contributed by atoms with van der Waals surface area (Å²) in [6, 6.07) is 5.03. The largest absolute Gasteiger partial charge is 0.367 e. The quantitative estimate of drug-likeness (QED) is 0.766.